The molecular formula is C71H127NO8. The van der Waals surface area contributed by atoms with Gasteiger partial charge in [0.1, 0.15) is 13.2 Å². The van der Waals surface area contributed by atoms with E-state index in [4.69, 9.17) is 18.9 Å². The maximum atomic E-state index is 12.9. The topological polar surface area (TPSA) is 111 Å². The Morgan fingerprint density at radius 2 is 0.713 bits per heavy atom. The van der Waals surface area contributed by atoms with Gasteiger partial charge in [0.2, 0.25) is 0 Å². The van der Waals surface area contributed by atoms with Crippen molar-refractivity contribution in [3.05, 3.63) is 72.9 Å². The average molecular weight is 1120 g/mol. The molecule has 0 saturated carbocycles. The fraction of sp³-hybridized carbons (Fsp3) is 0.789. The minimum atomic E-state index is -1.62. The maximum absolute atomic E-state index is 12.9. The van der Waals surface area contributed by atoms with E-state index in [2.05, 4.69) is 86.8 Å². The molecule has 0 aromatic heterocycles. The van der Waals surface area contributed by atoms with E-state index >= 15 is 0 Å². The Kier molecular flexibility index (Phi) is 59.3. The van der Waals surface area contributed by atoms with E-state index in [-0.39, 0.29) is 32.2 Å². The molecule has 0 aliphatic carbocycles. The number of carboxylic acids is 1. The third-order valence-electron chi connectivity index (χ3n) is 14.7. The van der Waals surface area contributed by atoms with Crippen LogP contribution < -0.4 is 5.11 Å². The molecule has 0 saturated heterocycles. The summed E-state index contributed by atoms with van der Waals surface area (Å²) in [6.07, 6.45) is 78.3. The Hall–Kier alpha value is -3.27. The molecule has 0 radical (unpaired) electrons. The second kappa shape index (κ2) is 61.8. The first kappa shape index (κ1) is 76.7. The molecule has 0 spiro atoms. The lowest BCUT2D eigenvalue weighted by molar-refractivity contribution is -0.870. The van der Waals surface area contributed by atoms with Crippen LogP contribution in [0.1, 0.15) is 303 Å². The number of allylic oxidation sites excluding steroid dienone is 12. The standard InChI is InChI=1S/C71H127NO8/c1-6-8-10-12-14-16-18-20-22-24-26-28-29-30-31-32-33-34-35-36-37-38-39-40-41-42-44-46-48-50-52-54-56-58-60-62-69(74)80-67(66-79-71(70(75)76)77-64-63-72(3,4)5)65-78-68(73)61-59-57-55-53-51-49-47-45-43-27-25-23-21-19-17-15-13-11-9-7-2/h8,10,14,16,20,22,26,28,30-31,33-34,67,71H,6-7,9,11-13,15,17-19,21,23-25,27,29,32,35-66H2,1-5H3/b10-8-,16-14-,22-20-,28-26-,31-30-,34-33-. The summed E-state index contributed by atoms with van der Waals surface area (Å²) < 4.78 is 22.8. The molecule has 464 valence electrons. The predicted octanol–water partition coefficient (Wildman–Crippen LogP) is 19.2. The third-order valence-corrected chi connectivity index (χ3v) is 14.7. The number of unbranched alkanes of at least 4 members (excludes halogenated alkanes) is 35. The fourth-order valence-corrected chi connectivity index (χ4v) is 9.60. The number of hydrogen-bond donors (Lipinski definition) is 0. The lowest BCUT2D eigenvalue weighted by atomic mass is 10.0. The molecule has 9 heteroatoms. The zero-order valence-corrected chi connectivity index (χ0v) is 52.9. The van der Waals surface area contributed by atoms with Crippen LogP contribution in [0.25, 0.3) is 0 Å². The quantitative estimate of drug-likeness (QED) is 0.0195. The Balaban J connectivity index is 4.09. The highest BCUT2D eigenvalue weighted by Crippen LogP contribution is 2.18. The van der Waals surface area contributed by atoms with E-state index in [9.17, 15) is 19.5 Å². The van der Waals surface area contributed by atoms with Crippen molar-refractivity contribution in [1.82, 2.24) is 0 Å². The number of ether oxygens (including phenoxy) is 4. The van der Waals surface area contributed by atoms with Crippen molar-refractivity contribution in [2.45, 2.75) is 315 Å². The van der Waals surface area contributed by atoms with Crippen LogP contribution in [0.3, 0.4) is 0 Å². The van der Waals surface area contributed by atoms with Gasteiger partial charge in [-0.25, -0.2) is 0 Å². The summed E-state index contributed by atoms with van der Waals surface area (Å²) in [7, 11) is 5.93. The molecule has 0 aliphatic heterocycles. The largest absolute Gasteiger partial charge is 0.545 e. The van der Waals surface area contributed by atoms with Crippen LogP contribution in [0, 0.1) is 0 Å². The zero-order valence-electron chi connectivity index (χ0n) is 52.9. The van der Waals surface area contributed by atoms with Crippen molar-refractivity contribution in [2.24, 2.45) is 0 Å². The van der Waals surface area contributed by atoms with Crippen LogP contribution in [0.4, 0.5) is 0 Å². The summed E-state index contributed by atoms with van der Waals surface area (Å²) >= 11 is 0. The number of nitrogens with zero attached hydrogens (tertiary/aromatic N) is 1. The average Bonchev–Trinajstić information content (AvgIpc) is 3.43. The molecule has 0 aromatic rings. The first-order valence-electron chi connectivity index (χ1n) is 33.6. The van der Waals surface area contributed by atoms with Gasteiger partial charge in [0.15, 0.2) is 12.4 Å². The van der Waals surface area contributed by atoms with Crippen molar-refractivity contribution >= 4 is 17.9 Å². The number of likely N-dealkylation sites (N-methyl/N-ethyl adjacent to an activating group) is 1. The van der Waals surface area contributed by atoms with E-state index in [0.717, 1.165) is 70.6 Å². The summed E-state index contributed by atoms with van der Waals surface area (Å²) in [4.78, 5) is 37.4. The van der Waals surface area contributed by atoms with E-state index in [1.54, 1.807) is 0 Å². The molecule has 80 heavy (non-hydrogen) atoms. The molecule has 2 atom stereocenters. The van der Waals surface area contributed by atoms with E-state index in [1.165, 1.54) is 199 Å². The van der Waals surface area contributed by atoms with Crippen LogP contribution in [-0.2, 0) is 33.3 Å². The van der Waals surface area contributed by atoms with Crippen molar-refractivity contribution in [3.8, 4) is 0 Å². The number of carboxylic acid groups (broad SMARTS) is 1. The number of esters is 2. The lowest BCUT2D eigenvalue weighted by Crippen LogP contribution is -2.44. The lowest BCUT2D eigenvalue weighted by Gasteiger charge is -2.26. The van der Waals surface area contributed by atoms with Gasteiger partial charge in [0, 0.05) is 12.8 Å². The highest BCUT2D eigenvalue weighted by molar-refractivity contribution is 5.70. The van der Waals surface area contributed by atoms with Gasteiger partial charge >= 0.3 is 11.9 Å². The molecule has 0 amide bonds. The van der Waals surface area contributed by atoms with E-state index in [1.807, 2.05) is 21.1 Å². The molecule has 9 nitrogen and oxygen atoms in total. The van der Waals surface area contributed by atoms with E-state index < -0.39 is 24.3 Å². The summed E-state index contributed by atoms with van der Waals surface area (Å²) in [5.41, 5.74) is 0. The van der Waals surface area contributed by atoms with Gasteiger partial charge in [-0.15, -0.1) is 0 Å². The third kappa shape index (κ3) is 62.3. The van der Waals surface area contributed by atoms with Crippen LogP contribution in [0.15, 0.2) is 72.9 Å². The molecule has 0 fully saturated rings. The van der Waals surface area contributed by atoms with Crippen molar-refractivity contribution in [3.63, 3.8) is 0 Å². The minimum Gasteiger partial charge on any atom is -0.545 e. The van der Waals surface area contributed by atoms with Gasteiger partial charge in [-0.1, -0.05) is 299 Å². The zero-order chi connectivity index (χ0) is 58.3. The van der Waals surface area contributed by atoms with Gasteiger partial charge in [-0.05, 0) is 64.2 Å². The molecule has 0 aliphatic rings. The first-order chi connectivity index (χ1) is 39.1. The number of carbonyl (C=O) groups is 3. The Labute approximate surface area is 494 Å². The van der Waals surface area contributed by atoms with Crippen LogP contribution >= 0.6 is 0 Å². The van der Waals surface area contributed by atoms with Gasteiger partial charge < -0.3 is 33.3 Å². The number of carbonyl (C=O) groups excluding carboxylic acids is 3. The van der Waals surface area contributed by atoms with Crippen molar-refractivity contribution in [1.29, 1.82) is 0 Å². The van der Waals surface area contributed by atoms with Gasteiger partial charge in [-0.3, -0.25) is 9.59 Å². The highest BCUT2D eigenvalue weighted by Gasteiger charge is 2.22. The predicted molar refractivity (Wildman–Crippen MR) is 338 cm³/mol. The summed E-state index contributed by atoms with van der Waals surface area (Å²) in [6.45, 7) is 4.68. The number of rotatable bonds is 62. The molecular weight excluding hydrogens is 995 g/mol. The second-order valence-corrected chi connectivity index (χ2v) is 23.7. The molecule has 2 unspecified atom stereocenters. The van der Waals surface area contributed by atoms with E-state index in [0.29, 0.717) is 23.9 Å². The molecule has 0 bridgehead atoms. The molecule has 0 heterocycles. The monoisotopic (exact) mass is 1120 g/mol. The highest BCUT2D eigenvalue weighted by atomic mass is 16.7. The SMILES string of the molecule is CC/C=C\C/C=C\C/C=C\C/C=C\C/C=C\C/C=C\CCCCCCCCCCCCCCCCCCC(=O)OC(COC(=O)CCCCCCCCCCCCCCCCCCCCCC)COC(OCC[N+](C)(C)C)C(=O)[O-]. The number of hydrogen-bond acceptors (Lipinski definition) is 8. The van der Waals surface area contributed by atoms with Crippen LogP contribution in [0.2, 0.25) is 0 Å². The number of aliphatic carboxylic acids is 1. The molecule has 0 N–H and O–H groups in total. The maximum Gasteiger partial charge on any atom is 0.306 e. The van der Waals surface area contributed by atoms with Crippen LogP contribution in [0.5, 0.6) is 0 Å². The smallest absolute Gasteiger partial charge is 0.306 e. The Bertz CT molecular complexity index is 1540. The van der Waals surface area contributed by atoms with Crippen molar-refractivity contribution < 1.29 is 42.9 Å². The first-order valence-corrected chi connectivity index (χ1v) is 33.6. The van der Waals surface area contributed by atoms with Gasteiger partial charge in [0.25, 0.3) is 0 Å². The summed E-state index contributed by atoms with van der Waals surface area (Å²) in [5.74, 6) is -2.26. The summed E-state index contributed by atoms with van der Waals surface area (Å²) in [6, 6.07) is 0. The van der Waals surface area contributed by atoms with Crippen LogP contribution in [-0.4, -0.2) is 82.3 Å². The second-order valence-electron chi connectivity index (χ2n) is 23.7. The van der Waals surface area contributed by atoms with Crippen molar-refractivity contribution in [2.75, 3.05) is 47.5 Å². The molecule has 0 rings (SSSR count). The summed E-state index contributed by atoms with van der Waals surface area (Å²) in [5, 5.41) is 11.8. The molecule has 0 aromatic carbocycles. The Morgan fingerprint density at radius 3 is 1.06 bits per heavy atom. The fourth-order valence-electron chi connectivity index (χ4n) is 9.60. The Morgan fingerprint density at radius 1 is 0.388 bits per heavy atom. The minimum absolute atomic E-state index is 0.148. The number of quaternary nitrogens is 1. The van der Waals surface area contributed by atoms with Gasteiger partial charge in [-0.2, -0.15) is 0 Å². The normalized spacial score (nSPS) is 13.2. The van der Waals surface area contributed by atoms with Gasteiger partial charge in [0.05, 0.1) is 40.3 Å².